The summed E-state index contributed by atoms with van der Waals surface area (Å²) >= 11 is 0. The molecule has 0 amide bonds. The van der Waals surface area contributed by atoms with Gasteiger partial charge in [0.15, 0.2) is 0 Å². The summed E-state index contributed by atoms with van der Waals surface area (Å²) in [7, 11) is 0. The zero-order chi connectivity index (χ0) is 10.7. The fourth-order valence-corrected chi connectivity index (χ4v) is 3.05. The third-order valence-corrected chi connectivity index (χ3v) is 4.03. The van der Waals surface area contributed by atoms with Crippen LogP contribution in [0.15, 0.2) is 0 Å². The molecule has 2 atom stereocenters. The van der Waals surface area contributed by atoms with Crippen molar-refractivity contribution in [3.05, 3.63) is 0 Å². The van der Waals surface area contributed by atoms with Gasteiger partial charge in [-0.25, -0.2) is 0 Å². The molecule has 88 valence electrons. The summed E-state index contributed by atoms with van der Waals surface area (Å²) in [5, 5.41) is 16.1. The highest BCUT2D eigenvalue weighted by atomic mass is 16.3. The Morgan fingerprint density at radius 2 is 2.00 bits per heavy atom. The van der Waals surface area contributed by atoms with E-state index in [1.807, 2.05) is 0 Å². The van der Waals surface area contributed by atoms with Gasteiger partial charge in [0.2, 0.25) is 0 Å². The summed E-state index contributed by atoms with van der Waals surface area (Å²) < 4.78 is 0. The second-order valence-corrected chi connectivity index (χ2v) is 5.60. The molecule has 0 spiro atoms. The molecule has 2 unspecified atom stereocenters. The summed E-state index contributed by atoms with van der Waals surface area (Å²) in [6.45, 7) is 5.90. The van der Waals surface area contributed by atoms with Gasteiger partial charge in [-0.1, -0.05) is 0 Å². The molecule has 0 aliphatic carbocycles. The van der Waals surface area contributed by atoms with Crippen LogP contribution in [0.5, 0.6) is 0 Å². The number of piperidine rings is 1. The van der Waals surface area contributed by atoms with Gasteiger partial charge in [-0.05, 0) is 64.1 Å². The molecular weight excluding hydrogens is 188 g/mol. The lowest BCUT2D eigenvalue weighted by molar-refractivity contribution is 0.186. The first kappa shape index (κ1) is 11.4. The van der Waals surface area contributed by atoms with Crippen LogP contribution in [-0.4, -0.2) is 36.9 Å². The molecule has 0 saturated carbocycles. The number of aliphatic hydroxyl groups excluding tert-OH is 1. The highest BCUT2D eigenvalue weighted by Gasteiger charge is 2.34. The van der Waals surface area contributed by atoms with Gasteiger partial charge in [0.1, 0.15) is 0 Å². The van der Waals surface area contributed by atoms with E-state index in [0.717, 1.165) is 24.8 Å². The predicted octanol–water partition coefficient (Wildman–Crippen LogP) is 0.737. The minimum atomic E-state index is -0.00240. The molecule has 0 aromatic rings. The number of aliphatic hydroxyl groups is 1. The topological polar surface area (TPSA) is 44.3 Å². The highest BCUT2D eigenvalue weighted by molar-refractivity contribution is 4.93. The number of hydrogen-bond donors (Lipinski definition) is 3. The Morgan fingerprint density at radius 1 is 1.27 bits per heavy atom. The summed E-state index contributed by atoms with van der Waals surface area (Å²) in [4.78, 5) is 0. The van der Waals surface area contributed by atoms with Crippen LogP contribution >= 0.6 is 0 Å². The van der Waals surface area contributed by atoms with Crippen LogP contribution < -0.4 is 10.6 Å². The molecule has 2 aliphatic heterocycles. The average Bonchev–Trinajstić information content (AvgIpc) is 2.63. The van der Waals surface area contributed by atoms with E-state index >= 15 is 0 Å². The summed E-state index contributed by atoms with van der Waals surface area (Å²) in [5.41, 5.74) is -0.00240. The summed E-state index contributed by atoms with van der Waals surface area (Å²) in [6.07, 6.45) is 5.18. The van der Waals surface area contributed by atoms with E-state index in [2.05, 4.69) is 17.6 Å². The van der Waals surface area contributed by atoms with Crippen molar-refractivity contribution in [2.75, 3.05) is 26.2 Å². The molecule has 2 aliphatic rings. The van der Waals surface area contributed by atoms with Gasteiger partial charge >= 0.3 is 0 Å². The molecule has 3 N–H and O–H groups in total. The first-order chi connectivity index (χ1) is 7.22. The van der Waals surface area contributed by atoms with E-state index in [1.54, 1.807) is 0 Å². The van der Waals surface area contributed by atoms with Crippen LogP contribution in [0, 0.1) is 11.8 Å². The van der Waals surface area contributed by atoms with Gasteiger partial charge in [-0.15, -0.1) is 0 Å². The predicted molar refractivity (Wildman–Crippen MR) is 61.8 cm³/mol. The summed E-state index contributed by atoms with van der Waals surface area (Å²) in [6, 6.07) is 0. The Balaban J connectivity index is 1.76. The normalized spacial score (nSPS) is 38.4. The maximum Gasteiger partial charge on any atom is 0.0610 e. The fourth-order valence-electron chi connectivity index (χ4n) is 3.05. The lowest BCUT2D eigenvalue weighted by Gasteiger charge is -2.25. The Morgan fingerprint density at radius 3 is 2.60 bits per heavy atom. The minimum Gasteiger partial charge on any atom is -0.394 e. The van der Waals surface area contributed by atoms with Crippen molar-refractivity contribution in [2.45, 2.75) is 38.1 Å². The van der Waals surface area contributed by atoms with Crippen LogP contribution in [0.2, 0.25) is 0 Å². The first-order valence-electron chi connectivity index (χ1n) is 6.28. The third-order valence-electron chi connectivity index (χ3n) is 4.03. The molecule has 0 radical (unpaired) electrons. The number of nitrogens with one attached hydrogen (secondary N) is 2. The van der Waals surface area contributed by atoms with Crippen LogP contribution in [0.3, 0.4) is 0 Å². The van der Waals surface area contributed by atoms with Crippen LogP contribution in [0.1, 0.15) is 32.6 Å². The molecule has 2 fully saturated rings. The third kappa shape index (κ3) is 2.92. The molecule has 0 bridgehead atoms. The van der Waals surface area contributed by atoms with Crippen molar-refractivity contribution < 1.29 is 5.11 Å². The molecule has 3 heteroatoms. The standard InChI is InChI=1S/C12H24N2O/c1-12(9-15)7-11(8-14-12)6-10-2-4-13-5-3-10/h10-11,13-15H,2-9H2,1H3. The lowest BCUT2D eigenvalue weighted by atomic mass is 9.84. The Labute approximate surface area is 92.6 Å². The second kappa shape index (κ2) is 4.81. The summed E-state index contributed by atoms with van der Waals surface area (Å²) in [5.74, 6) is 1.70. The van der Waals surface area contributed by atoms with E-state index in [0.29, 0.717) is 0 Å². The highest BCUT2D eigenvalue weighted by Crippen LogP contribution is 2.30. The molecule has 2 saturated heterocycles. The van der Waals surface area contributed by atoms with Crippen LogP contribution in [-0.2, 0) is 0 Å². The van der Waals surface area contributed by atoms with Crippen molar-refractivity contribution in [3.63, 3.8) is 0 Å². The van der Waals surface area contributed by atoms with Gasteiger partial charge in [-0.3, -0.25) is 0 Å². The van der Waals surface area contributed by atoms with Gasteiger partial charge in [0.25, 0.3) is 0 Å². The molecule has 3 nitrogen and oxygen atoms in total. The van der Waals surface area contributed by atoms with Crippen molar-refractivity contribution in [3.8, 4) is 0 Å². The van der Waals surface area contributed by atoms with E-state index in [9.17, 15) is 5.11 Å². The maximum atomic E-state index is 9.28. The van der Waals surface area contributed by atoms with E-state index in [1.165, 1.54) is 32.4 Å². The zero-order valence-corrected chi connectivity index (χ0v) is 9.76. The van der Waals surface area contributed by atoms with Crippen molar-refractivity contribution >= 4 is 0 Å². The second-order valence-electron chi connectivity index (χ2n) is 5.60. The van der Waals surface area contributed by atoms with Crippen molar-refractivity contribution in [1.82, 2.24) is 10.6 Å². The first-order valence-corrected chi connectivity index (χ1v) is 6.28. The maximum absolute atomic E-state index is 9.28. The molecule has 15 heavy (non-hydrogen) atoms. The fraction of sp³-hybridized carbons (Fsp3) is 1.00. The van der Waals surface area contributed by atoms with E-state index < -0.39 is 0 Å². The monoisotopic (exact) mass is 212 g/mol. The van der Waals surface area contributed by atoms with Crippen molar-refractivity contribution in [1.29, 1.82) is 0 Å². The Kier molecular flexibility index (Phi) is 3.65. The minimum absolute atomic E-state index is 0.00240. The molecular formula is C12H24N2O. The number of hydrogen-bond acceptors (Lipinski definition) is 3. The van der Waals surface area contributed by atoms with Gasteiger partial charge in [0.05, 0.1) is 6.61 Å². The molecule has 2 rings (SSSR count). The number of rotatable bonds is 3. The average molecular weight is 212 g/mol. The molecule has 0 aromatic carbocycles. The van der Waals surface area contributed by atoms with Gasteiger partial charge in [-0.2, -0.15) is 0 Å². The Hall–Kier alpha value is -0.120. The van der Waals surface area contributed by atoms with Crippen LogP contribution in [0.25, 0.3) is 0 Å². The van der Waals surface area contributed by atoms with Gasteiger partial charge < -0.3 is 15.7 Å². The quantitative estimate of drug-likeness (QED) is 0.646. The van der Waals surface area contributed by atoms with Crippen LogP contribution in [0.4, 0.5) is 0 Å². The zero-order valence-electron chi connectivity index (χ0n) is 9.76. The largest absolute Gasteiger partial charge is 0.394 e. The molecule has 2 heterocycles. The van der Waals surface area contributed by atoms with Gasteiger partial charge in [0, 0.05) is 5.54 Å². The SMILES string of the molecule is CC1(CO)CC(CC2CCNCC2)CN1. The van der Waals surface area contributed by atoms with E-state index in [-0.39, 0.29) is 12.1 Å². The Bertz CT molecular complexity index is 204. The smallest absolute Gasteiger partial charge is 0.0610 e. The van der Waals surface area contributed by atoms with E-state index in [4.69, 9.17) is 0 Å². The molecule has 0 aromatic heterocycles. The lowest BCUT2D eigenvalue weighted by Crippen LogP contribution is -2.39. The van der Waals surface area contributed by atoms with Crippen molar-refractivity contribution in [2.24, 2.45) is 11.8 Å².